The summed E-state index contributed by atoms with van der Waals surface area (Å²) in [6.45, 7) is 0. The highest BCUT2D eigenvalue weighted by molar-refractivity contribution is 7.74. The van der Waals surface area contributed by atoms with E-state index in [-0.39, 0.29) is 35.7 Å². The minimum atomic E-state index is -0.677. The van der Waals surface area contributed by atoms with Crippen LogP contribution in [0.3, 0.4) is 0 Å². The summed E-state index contributed by atoms with van der Waals surface area (Å²) in [4.78, 5) is 28.8. The molecule has 4 aromatic rings. The third-order valence-electron chi connectivity index (χ3n) is 11.4. The average Bonchev–Trinajstić information content (AvgIpc) is 3.18. The predicted molar refractivity (Wildman–Crippen MR) is 212 cm³/mol. The lowest BCUT2D eigenvalue weighted by Gasteiger charge is -2.41. The lowest BCUT2D eigenvalue weighted by Crippen LogP contribution is -2.57. The van der Waals surface area contributed by atoms with Crippen LogP contribution in [0.25, 0.3) is 0 Å². The fourth-order valence-corrected chi connectivity index (χ4v) is 15.2. The first-order valence-corrected chi connectivity index (χ1v) is 21.9. The van der Waals surface area contributed by atoms with Gasteiger partial charge in [0.25, 0.3) is 0 Å². The molecule has 0 spiro atoms. The van der Waals surface area contributed by atoms with Crippen molar-refractivity contribution in [3.05, 3.63) is 121 Å². The fraction of sp³-hybridized carbons (Fsp3) is 0.409. The van der Waals surface area contributed by atoms with Crippen molar-refractivity contribution < 1.29 is 9.59 Å². The molecule has 3 fully saturated rings. The Morgan fingerprint density at radius 2 is 0.680 bits per heavy atom. The van der Waals surface area contributed by atoms with Crippen LogP contribution in [0.4, 0.5) is 0 Å². The maximum Gasteiger partial charge on any atom is 0.224 e. The van der Waals surface area contributed by atoms with Crippen LogP contribution >= 0.6 is 15.8 Å². The highest BCUT2D eigenvalue weighted by Gasteiger charge is 2.41. The van der Waals surface area contributed by atoms with Gasteiger partial charge in [-0.25, -0.2) is 0 Å². The molecule has 260 valence electrons. The molecule has 6 atom stereocenters. The minimum absolute atomic E-state index is 0.0171. The molecule has 50 heavy (non-hydrogen) atoms. The van der Waals surface area contributed by atoms with E-state index in [4.69, 9.17) is 0 Å². The normalized spacial score (nSPS) is 25.6. The number of rotatable bonds is 10. The van der Waals surface area contributed by atoms with Crippen LogP contribution < -0.4 is 31.9 Å². The van der Waals surface area contributed by atoms with Crippen molar-refractivity contribution in [3.63, 3.8) is 0 Å². The van der Waals surface area contributed by atoms with Gasteiger partial charge >= 0.3 is 0 Å². The molecule has 2 amide bonds. The zero-order chi connectivity index (χ0) is 34.1. The Balaban J connectivity index is 1.09. The number of nitrogens with one attached hydrogen (secondary N) is 2. The summed E-state index contributed by atoms with van der Waals surface area (Å²) in [5.41, 5.74) is 0.608. The molecule has 4 nitrogen and oxygen atoms in total. The van der Waals surface area contributed by atoms with E-state index in [9.17, 15) is 9.59 Å². The van der Waals surface area contributed by atoms with Gasteiger partial charge in [-0.05, 0) is 86.9 Å². The Morgan fingerprint density at radius 1 is 0.400 bits per heavy atom. The van der Waals surface area contributed by atoms with Crippen LogP contribution in [-0.4, -0.2) is 35.2 Å². The lowest BCUT2D eigenvalue weighted by atomic mass is 9.85. The molecule has 6 heteroatoms. The van der Waals surface area contributed by atoms with E-state index in [0.717, 1.165) is 64.2 Å². The average molecular weight is 703 g/mol. The van der Waals surface area contributed by atoms with Crippen molar-refractivity contribution in [2.45, 2.75) is 100 Å². The number of amides is 2. The molecule has 4 aromatic carbocycles. The maximum absolute atomic E-state index is 14.4. The van der Waals surface area contributed by atoms with Gasteiger partial charge in [0.05, 0.1) is 0 Å². The van der Waals surface area contributed by atoms with Gasteiger partial charge in [-0.3, -0.25) is 9.59 Å². The van der Waals surface area contributed by atoms with Crippen LogP contribution in [0, 0.1) is 11.8 Å². The fourth-order valence-electron chi connectivity index (χ4n) is 8.93. The molecule has 0 aromatic heterocycles. The summed E-state index contributed by atoms with van der Waals surface area (Å²) >= 11 is 0. The quantitative estimate of drug-likeness (QED) is 0.165. The smallest absolute Gasteiger partial charge is 0.224 e. The third kappa shape index (κ3) is 8.25. The second-order valence-corrected chi connectivity index (χ2v) is 19.4. The maximum atomic E-state index is 14.4. The predicted octanol–water partition coefficient (Wildman–Crippen LogP) is 7.91. The summed E-state index contributed by atoms with van der Waals surface area (Å²) in [5, 5.41) is 12.6. The Bertz CT molecular complexity index is 1450. The first-order chi connectivity index (χ1) is 24.7. The van der Waals surface area contributed by atoms with Gasteiger partial charge < -0.3 is 10.6 Å². The number of carbonyl (C=O) groups is 2. The molecular formula is C44H52N2O2P2. The summed E-state index contributed by atoms with van der Waals surface area (Å²) in [6, 6.07) is 43.5. The summed E-state index contributed by atoms with van der Waals surface area (Å²) in [6.07, 6.45) is 12.6. The van der Waals surface area contributed by atoms with E-state index in [1.807, 2.05) is 0 Å². The van der Waals surface area contributed by atoms with Crippen LogP contribution in [0.15, 0.2) is 121 Å². The molecule has 3 aliphatic carbocycles. The van der Waals surface area contributed by atoms with Crippen LogP contribution in [-0.2, 0) is 9.59 Å². The van der Waals surface area contributed by atoms with Crippen molar-refractivity contribution >= 4 is 48.9 Å². The molecule has 0 aliphatic heterocycles. The largest absolute Gasteiger partial charge is 0.351 e. The molecular weight excluding hydrogens is 650 g/mol. The van der Waals surface area contributed by atoms with E-state index < -0.39 is 15.8 Å². The number of carbonyl (C=O) groups excluding carboxylic acids is 2. The number of benzene rings is 4. The summed E-state index contributed by atoms with van der Waals surface area (Å²) in [5.74, 6) is 0.369. The van der Waals surface area contributed by atoms with Crippen LogP contribution in [0.2, 0.25) is 0 Å². The van der Waals surface area contributed by atoms with Gasteiger partial charge in [-0.2, -0.15) is 0 Å². The highest BCUT2D eigenvalue weighted by atomic mass is 31.1. The van der Waals surface area contributed by atoms with Crippen molar-refractivity contribution in [1.29, 1.82) is 0 Å². The van der Waals surface area contributed by atoms with Crippen molar-refractivity contribution in [2.24, 2.45) is 11.8 Å². The molecule has 0 radical (unpaired) electrons. The van der Waals surface area contributed by atoms with E-state index in [2.05, 4.69) is 132 Å². The Labute approximate surface area is 301 Å². The van der Waals surface area contributed by atoms with E-state index in [1.54, 1.807) is 0 Å². The van der Waals surface area contributed by atoms with Crippen molar-refractivity contribution in [2.75, 3.05) is 0 Å². The minimum Gasteiger partial charge on any atom is -0.351 e. The van der Waals surface area contributed by atoms with E-state index >= 15 is 0 Å². The van der Waals surface area contributed by atoms with Gasteiger partial charge in [-0.1, -0.05) is 160 Å². The first kappa shape index (κ1) is 35.1. The Morgan fingerprint density at radius 3 is 1.00 bits per heavy atom. The second kappa shape index (κ2) is 17.3. The Kier molecular flexibility index (Phi) is 12.1. The topological polar surface area (TPSA) is 58.2 Å². The molecule has 0 unspecified atom stereocenters. The second-order valence-electron chi connectivity index (χ2n) is 14.5. The van der Waals surface area contributed by atoms with Gasteiger partial charge in [-0.15, -0.1) is 0 Å². The molecule has 0 bridgehead atoms. The first-order valence-electron chi connectivity index (χ1n) is 19.1. The Hall–Kier alpha value is -3.32. The molecule has 2 N–H and O–H groups in total. The zero-order valence-corrected chi connectivity index (χ0v) is 31.0. The van der Waals surface area contributed by atoms with E-state index in [1.165, 1.54) is 34.1 Å². The van der Waals surface area contributed by atoms with Gasteiger partial charge in [0.1, 0.15) is 0 Å². The molecule has 3 saturated carbocycles. The van der Waals surface area contributed by atoms with Gasteiger partial charge in [0.2, 0.25) is 11.8 Å². The monoisotopic (exact) mass is 702 g/mol. The molecule has 0 saturated heterocycles. The highest BCUT2D eigenvalue weighted by Crippen LogP contribution is 2.50. The lowest BCUT2D eigenvalue weighted by molar-refractivity contribution is -0.129. The van der Waals surface area contributed by atoms with Crippen LogP contribution in [0.1, 0.15) is 77.0 Å². The summed E-state index contributed by atoms with van der Waals surface area (Å²) < 4.78 is 0. The molecule has 3 aliphatic rings. The standard InChI is InChI=1S/C44H52N2O2P2/c47-43(37-27-13-17-31-41(37)49(33-19-5-1-6-20-33)34-21-7-2-8-22-34)45-39-29-15-16-30-40(39)46-44(48)38-28-14-18-32-42(38)50(35-23-9-3-10-24-35)36-25-11-4-12-26-36/h1-12,19-26,37-42H,13-18,27-32H2,(H,45,47)(H,46,48)/t37-,38-,39+,40+,41+,42+/m1/s1. The molecule has 7 rings (SSSR count). The third-order valence-corrected chi connectivity index (χ3v) is 17.3. The zero-order valence-electron chi connectivity index (χ0n) is 29.2. The van der Waals surface area contributed by atoms with E-state index in [0.29, 0.717) is 11.3 Å². The van der Waals surface area contributed by atoms with Crippen molar-refractivity contribution in [3.8, 4) is 0 Å². The summed E-state index contributed by atoms with van der Waals surface area (Å²) in [7, 11) is -1.35. The van der Waals surface area contributed by atoms with Crippen molar-refractivity contribution in [1.82, 2.24) is 10.6 Å². The van der Waals surface area contributed by atoms with Crippen LogP contribution in [0.5, 0.6) is 0 Å². The van der Waals surface area contributed by atoms with Gasteiger partial charge in [0, 0.05) is 23.9 Å². The SMILES string of the molecule is O=C(N[C@H]1CCCC[C@@H]1NC(=O)[C@@H]1CCCC[C@@H]1P(c1ccccc1)c1ccccc1)[C@@H]1CCCC[C@@H]1P(c1ccccc1)c1ccccc1. The number of hydrogen-bond donors (Lipinski definition) is 2. The molecule has 0 heterocycles. The van der Waals surface area contributed by atoms with Gasteiger partial charge in [0.15, 0.2) is 0 Å². The number of hydrogen-bond acceptors (Lipinski definition) is 2.